The Morgan fingerprint density at radius 3 is 2.47 bits per heavy atom. The summed E-state index contributed by atoms with van der Waals surface area (Å²) >= 11 is 0. The standard InChI is InChI=1S/C11H22N2O6/c1-8(14)9(10(15)16)13-11(17)12-4-3-5-19-7-6-18-2/h8-9,14H,3-7H2,1-2H3,(H,15,16)(H2,12,13,17). The Bertz CT molecular complexity index is 272. The smallest absolute Gasteiger partial charge is 0.328 e. The molecule has 0 saturated heterocycles. The van der Waals surface area contributed by atoms with Crippen molar-refractivity contribution >= 4 is 12.0 Å². The Kier molecular flexibility index (Phi) is 9.77. The van der Waals surface area contributed by atoms with Gasteiger partial charge < -0.3 is 30.3 Å². The molecule has 0 aliphatic rings. The molecule has 0 aliphatic carbocycles. The molecule has 0 bridgehead atoms. The lowest BCUT2D eigenvalue weighted by Gasteiger charge is -2.17. The Morgan fingerprint density at radius 2 is 1.95 bits per heavy atom. The minimum absolute atomic E-state index is 0.352. The molecule has 0 heterocycles. The third-order valence-corrected chi connectivity index (χ3v) is 2.22. The van der Waals surface area contributed by atoms with Crippen LogP contribution in [0.2, 0.25) is 0 Å². The van der Waals surface area contributed by atoms with Gasteiger partial charge >= 0.3 is 12.0 Å². The van der Waals surface area contributed by atoms with E-state index in [-0.39, 0.29) is 0 Å². The van der Waals surface area contributed by atoms with Crippen molar-refractivity contribution in [1.82, 2.24) is 10.6 Å². The van der Waals surface area contributed by atoms with Crippen molar-refractivity contribution in [3.63, 3.8) is 0 Å². The number of hydrogen-bond acceptors (Lipinski definition) is 5. The number of hydrogen-bond donors (Lipinski definition) is 4. The molecule has 0 saturated carbocycles. The van der Waals surface area contributed by atoms with E-state index in [0.717, 1.165) is 0 Å². The van der Waals surface area contributed by atoms with E-state index in [2.05, 4.69) is 10.6 Å². The van der Waals surface area contributed by atoms with Gasteiger partial charge in [-0.2, -0.15) is 0 Å². The molecule has 0 radical (unpaired) electrons. The molecule has 0 rings (SSSR count). The number of aliphatic hydroxyl groups excluding tert-OH is 1. The zero-order valence-corrected chi connectivity index (χ0v) is 11.2. The fourth-order valence-corrected chi connectivity index (χ4v) is 1.20. The van der Waals surface area contributed by atoms with E-state index >= 15 is 0 Å². The summed E-state index contributed by atoms with van der Waals surface area (Å²) in [5.74, 6) is -1.28. The third-order valence-electron chi connectivity index (χ3n) is 2.22. The highest BCUT2D eigenvalue weighted by atomic mass is 16.5. The zero-order chi connectivity index (χ0) is 14.7. The number of methoxy groups -OCH3 is 1. The van der Waals surface area contributed by atoms with E-state index in [1.807, 2.05) is 0 Å². The van der Waals surface area contributed by atoms with Crippen molar-refractivity contribution in [2.45, 2.75) is 25.5 Å². The molecule has 112 valence electrons. The second-order valence-electron chi connectivity index (χ2n) is 3.92. The minimum Gasteiger partial charge on any atom is -0.480 e. The topological polar surface area (TPSA) is 117 Å². The maximum atomic E-state index is 11.3. The molecular weight excluding hydrogens is 256 g/mol. The lowest BCUT2D eigenvalue weighted by Crippen LogP contribution is -2.51. The fourth-order valence-electron chi connectivity index (χ4n) is 1.20. The summed E-state index contributed by atoms with van der Waals surface area (Å²) in [5.41, 5.74) is 0. The SMILES string of the molecule is COCCOCCCNC(=O)NC(C(=O)O)C(C)O. The van der Waals surface area contributed by atoms with Gasteiger partial charge in [0, 0.05) is 20.3 Å². The highest BCUT2D eigenvalue weighted by Gasteiger charge is 2.24. The summed E-state index contributed by atoms with van der Waals surface area (Å²) in [7, 11) is 1.58. The molecule has 0 aliphatic heterocycles. The van der Waals surface area contributed by atoms with Crippen molar-refractivity contribution in [2.24, 2.45) is 0 Å². The molecule has 0 aromatic rings. The number of carbonyl (C=O) groups is 2. The summed E-state index contributed by atoms with van der Waals surface area (Å²) in [6.07, 6.45) is -0.565. The molecule has 0 aromatic heterocycles. The van der Waals surface area contributed by atoms with Gasteiger partial charge in [-0.15, -0.1) is 0 Å². The van der Waals surface area contributed by atoms with E-state index < -0.39 is 24.1 Å². The summed E-state index contributed by atoms with van der Waals surface area (Å²) in [4.78, 5) is 22.1. The molecular formula is C11H22N2O6. The van der Waals surface area contributed by atoms with Crippen molar-refractivity contribution in [3.8, 4) is 0 Å². The molecule has 2 unspecified atom stereocenters. The Morgan fingerprint density at radius 1 is 1.26 bits per heavy atom. The number of nitrogens with one attached hydrogen (secondary N) is 2. The van der Waals surface area contributed by atoms with E-state index in [9.17, 15) is 9.59 Å². The number of urea groups is 1. The average molecular weight is 278 g/mol. The number of carboxylic acids is 1. The van der Waals surface area contributed by atoms with E-state index in [0.29, 0.717) is 32.8 Å². The Labute approximate surface area is 112 Å². The van der Waals surface area contributed by atoms with Gasteiger partial charge in [-0.3, -0.25) is 0 Å². The van der Waals surface area contributed by atoms with Crippen LogP contribution in [0.3, 0.4) is 0 Å². The molecule has 19 heavy (non-hydrogen) atoms. The largest absolute Gasteiger partial charge is 0.480 e. The predicted octanol–water partition coefficient (Wildman–Crippen LogP) is -0.827. The van der Waals surface area contributed by atoms with Crippen LogP contribution in [-0.2, 0) is 14.3 Å². The van der Waals surface area contributed by atoms with Crippen LogP contribution in [0.25, 0.3) is 0 Å². The predicted molar refractivity (Wildman–Crippen MR) is 67.0 cm³/mol. The van der Waals surface area contributed by atoms with Gasteiger partial charge in [-0.25, -0.2) is 9.59 Å². The molecule has 8 heteroatoms. The van der Waals surface area contributed by atoms with Gasteiger partial charge in [-0.1, -0.05) is 0 Å². The van der Waals surface area contributed by atoms with Crippen molar-refractivity contribution in [1.29, 1.82) is 0 Å². The summed E-state index contributed by atoms with van der Waals surface area (Å²) in [6.45, 7) is 3.13. The Balaban J connectivity index is 3.66. The first kappa shape index (κ1) is 17.6. The molecule has 0 fully saturated rings. The normalized spacial score (nSPS) is 13.6. The quantitative estimate of drug-likeness (QED) is 0.388. The molecule has 0 aromatic carbocycles. The van der Waals surface area contributed by atoms with Crippen molar-refractivity contribution in [2.75, 3.05) is 33.5 Å². The van der Waals surface area contributed by atoms with E-state index in [4.69, 9.17) is 19.7 Å². The lowest BCUT2D eigenvalue weighted by atomic mass is 10.2. The van der Waals surface area contributed by atoms with Gasteiger partial charge in [0.15, 0.2) is 6.04 Å². The number of aliphatic hydroxyl groups is 1. The summed E-state index contributed by atoms with van der Waals surface area (Å²) < 4.78 is 9.97. The van der Waals surface area contributed by atoms with Crippen LogP contribution in [0.5, 0.6) is 0 Å². The number of rotatable bonds is 10. The first-order chi connectivity index (χ1) is 8.99. The van der Waals surface area contributed by atoms with Crippen LogP contribution in [0, 0.1) is 0 Å². The highest BCUT2D eigenvalue weighted by Crippen LogP contribution is 1.92. The number of carboxylic acid groups (broad SMARTS) is 1. The van der Waals surface area contributed by atoms with Gasteiger partial charge in [0.2, 0.25) is 0 Å². The summed E-state index contributed by atoms with van der Waals surface area (Å²) in [5, 5.41) is 22.6. The zero-order valence-electron chi connectivity index (χ0n) is 11.2. The Hall–Kier alpha value is -1.38. The maximum Gasteiger partial charge on any atom is 0.328 e. The van der Waals surface area contributed by atoms with Gasteiger partial charge in [0.05, 0.1) is 19.3 Å². The van der Waals surface area contributed by atoms with E-state index in [1.165, 1.54) is 6.92 Å². The monoisotopic (exact) mass is 278 g/mol. The minimum atomic E-state index is -1.32. The first-order valence-electron chi connectivity index (χ1n) is 6.01. The second kappa shape index (κ2) is 10.5. The second-order valence-corrected chi connectivity index (χ2v) is 3.92. The van der Waals surface area contributed by atoms with E-state index in [1.54, 1.807) is 7.11 Å². The molecule has 0 spiro atoms. The number of amides is 2. The van der Waals surface area contributed by atoms with Crippen molar-refractivity contribution < 1.29 is 29.3 Å². The summed E-state index contributed by atoms with van der Waals surface area (Å²) in [6, 6.07) is -1.96. The maximum absolute atomic E-state index is 11.3. The molecule has 8 nitrogen and oxygen atoms in total. The van der Waals surface area contributed by atoms with Gasteiger partial charge in [-0.05, 0) is 13.3 Å². The first-order valence-corrected chi connectivity index (χ1v) is 6.01. The van der Waals surface area contributed by atoms with Gasteiger partial charge in [0.25, 0.3) is 0 Å². The number of ether oxygens (including phenoxy) is 2. The number of carbonyl (C=O) groups excluding carboxylic acids is 1. The average Bonchev–Trinajstić information content (AvgIpc) is 2.34. The van der Waals surface area contributed by atoms with Crippen LogP contribution in [0.15, 0.2) is 0 Å². The van der Waals surface area contributed by atoms with Crippen LogP contribution >= 0.6 is 0 Å². The fraction of sp³-hybridized carbons (Fsp3) is 0.818. The van der Waals surface area contributed by atoms with Crippen LogP contribution in [0.1, 0.15) is 13.3 Å². The molecule has 4 N–H and O–H groups in total. The highest BCUT2D eigenvalue weighted by molar-refractivity contribution is 5.82. The van der Waals surface area contributed by atoms with Crippen molar-refractivity contribution in [3.05, 3.63) is 0 Å². The van der Waals surface area contributed by atoms with Crippen LogP contribution in [-0.4, -0.2) is 67.8 Å². The van der Waals surface area contributed by atoms with Crippen LogP contribution in [0.4, 0.5) is 4.79 Å². The van der Waals surface area contributed by atoms with Gasteiger partial charge in [0.1, 0.15) is 0 Å². The third kappa shape index (κ3) is 9.23. The van der Waals surface area contributed by atoms with Crippen LogP contribution < -0.4 is 10.6 Å². The lowest BCUT2D eigenvalue weighted by molar-refractivity contribution is -0.141. The molecule has 2 atom stereocenters. The molecule has 2 amide bonds. The number of aliphatic carboxylic acids is 1.